The van der Waals surface area contributed by atoms with Crippen LogP contribution in [-0.4, -0.2) is 29.0 Å². The molecule has 1 unspecified atom stereocenters. The van der Waals surface area contributed by atoms with E-state index in [4.69, 9.17) is 9.47 Å². The quantitative estimate of drug-likeness (QED) is 0.401. The average molecular weight is 439 g/mol. The first-order chi connectivity index (χ1) is 16.2. The number of amides is 1. The summed E-state index contributed by atoms with van der Waals surface area (Å²) in [6.45, 7) is 1.44. The number of hydrogen-bond donors (Lipinski definition) is 0. The molecule has 3 aromatic carbocycles. The minimum Gasteiger partial charge on any atom is -0.497 e. The summed E-state index contributed by atoms with van der Waals surface area (Å²) in [5.41, 5.74) is 3.12. The van der Waals surface area contributed by atoms with Crippen molar-refractivity contribution in [2.45, 2.75) is 19.0 Å². The largest absolute Gasteiger partial charge is 0.497 e. The number of aromatic nitrogens is 1. The van der Waals surface area contributed by atoms with E-state index in [0.717, 1.165) is 40.6 Å². The third kappa shape index (κ3) is 4.48. The van der Waals surface area contributed by atoms with Crippen LogP contribution < -0.4 is 9.47 Å². The van der Waals surface area contributed by atoms with Gasteiger partial charge < -0.3 is 18.9 Å². The second kappa shape index (κ2) is 9.25. The number of nitrogens with zero attached hydrogens (tertiary/aromatic N) is 2. The van der Waals surface area contributed by atoms with Crippen molar-refractivity contribution in [1.82, 2.24) is 9.47 Å². The van der Waals surface area contributed by atoms with Gasteiger partial charge in [-0.3, -0.25) is 4.79 Å². The number of methoxy groups -OCH3 is 1. The first kappa shape index (κ1) is 20.9. The zero-order chi connectivity index (χ0) is 22.6. The van der Waals surface area contributed by atoms with E-state index in [1.54, 1.807) is 7.11 Å². The molecule has 33 heavy (non-hydrogen) atoms. The van der Waals surface area contributed by atoms with Gasteiger partial charge in [0.2, 0.25) is 5.91 Å². The Morgan fingerprint density at radius 3 is 2.42 bits per heavy atom. The molecule has 0 saturated carbocycles. The lowest BCUT2D eigenvalue weighted by Crippen LogP contribution is -2.43. The molecule has 5 nitrogen and oxygen atoms in total. The maximum atomic E-state index is 13.5. The summed E-state index contributed by atoms with van der Waals surface area (Å²) in [6.07, 6.45) is 2.43. The second-order valence-corrected chi connectivity index (χ2v) is 8.13. The van der Waals surface area contributed by atoms with Crippen molar-refractivity contribution in [2.75, 3.05) is 13.7 Å². The maximum absolute atomic E-state index is 13.5. The summed E-state index contributed by atoms with van der Waals surface area (Å²) >= 11 is 0. The Bertz CT molecular complexity index is 1230. The van der Waals surface area contributed by atoms with E-state index >= 15 is 0 Å². The van der Waals surface area contributed by atoms with Gasteiger partial charge in [-0.05, 0) is 59.7 Å². The van der Waals surface area contributed by atoms with Crippen molar-refractivity contribution in [3.8, 4) is 17.2 Å². The fraction of sp³-hybridized carbons (Fsp3) is 0.179. The van der Waals surface area contributed by atoms with E-state index in [1.165, 1.54) is 0 Å². The maximum Gasteiger partial charge on any atom is 0.227 e. The lowest BCUT2D eigenvalue weighted by molar-refractivity contribution is -0.133. The molecular formula is C28H26N2O3. The number of carbonyl (C=O) groups is 1. The Kier molecular flexibility index (Phi) is 5.85. The van der Waals surface area contributed by atoms with Crippen LogP contribution in [0.5, 0.6) is 17.2 Å². The normalized spacial score (nSPS) is 15.1. The van der Waals surface area contributed by atoms with Gasteiger partial charge in [0.15, 0.2) is 0 Å². The number of para-hydroxylation sites is 1. The molecule has 5 rings (SSSR count). The van der Waals surface area contributed by atoms with Crippen molar-refractivity contribution in [1.29, 1.82) is 0 Å². The van der Waals surface area contributed by atoms with Crippen LogP contribution in [0.25, 0.3) is 0 Å². The van der Waals surface area contributed by atoms with Crippen LogP contribution in [0.3, 0.4) is 0 Å². The smallest absolute Gasteiger partial charge is 0.227 e. The van der Waals surface area contributed by atoms with Gasteiger partial charge in [-0.15, -0.1) is 0 Å². The van der Waals surface area contributed by atoms with Crippen molar-refractivity contribution >= 4 is 5.91 Å². The molecule has 0 aliphatic carbocycles. The number of ether oxygens (including phenoxy) is 2. The summed E-state index contributed by atoms with van der Waals surface area (Å²) < 4.78 is 13.5. The van der Waals surface area contributed by atoms with Crippen molar-refractivity contribution < 1.29 is 14.3 Å². The van der Waals surface area contributed by atoms with Gasteiger partial charge in [0.05, 0.1) is 19.6 Å². The monoisotopic (exact) mass is 438 g/mol. The highest BCUT2D eigenvalue weighted by Crippen LogP contribution is 2.35. The van der Waals surface area contributed by atoms with E-state index in [2.05, 4.69) is 22.9 Å². The van der Waals surface area contributed by atoms with Gasteiger partial charge >= 0.3 is 0 Å². The molecule has 1 aromatic heterocycles. The van der Waals surface area contributed by atoms with E-state index in [1.807, 2.05) is 83.8 Å². The van der Waals surface area contributed by atoms with Gasteiger partial charge in [-0.1, -0.05) is 42.5 Å². The average Bonchev–Trinajstić information content (AvgIpc) is 3.34. The van der Waals surface area contributed by atoms with Gasteiger partial charge in [-0.2, -0.15) is 0 Å². The molecular weight excluding hydrogens is 412 g/mol. The molecule has 1 aliphatic heterocycles. The second-order valence-electron chi connectivity index (χ2n) is 8.13. The van der Waals surface area contributed by atoms with Gasteiger partial charge in [0.25, 0.3) is 0 Å². The number of benzene rings is 3. The Morgan fingerprint density at radius 1 is 0.848 bits per heavy atom. The van der Waals surface area contributed by atoms with E-state index < -0.39 is 0 Å². The molecule has 0 fully saturated rings. The predicted molar refractivity (Wildman–Crippen MR) is 128 cm³/mol. The van der Waals surface area contributed by atoms with Crippen LogP contribution in [0.4, 0.5) is 0 Å². The molecule has 1 amide bonds. The summed E-state index contributed by atoms with van der Waals surface area (Å²) in [4.78, 5) is 15.5. The third-order valence-corrected chi connectivity index (χ3v) is 6.03. The highest BCUT2D eigenvalue weighted by Gasteiger charge is 2.32. The number of carbonyl (C=O) groups excluding carboxylic acids is 1. The standard InChI is InChI=1S/C28H26N2O3/c1-32-23-14-12-21(13-15-23)19-27(31)30-18-17-29-16-6-11-26(29)28(30)22-7-5-10-25(20-22)33-24-8-3-2-4-9-24/h2-16,20,28H,17-19H2,1H3. The highest BCUT2D eigenvalue weighted by atomic mass is 16.5. The van der Waals surface area contributed by atoms with Gasteiger partial charge in [-0.25, -0.2) is 0 Å². The van der Waals surface area contributed by atoms with E-state index in [0.29, 0.717) is 13.0 Å². The number of hydrogen-bond acceptors (Lipinski definition) is 3. The fourth-order valence-corrected chi connectivity index (χ4v) is 4.40. The molecule has 2 heterocycles. The molecule has 0 radical (unpaired) electrons. The zero-order valence-electron chi connectivity index (χ0n) is 18.6. The molecule has 166 valence electrons. The first-order valence-corrected chi connectivity index (χ1v) is 11.1. The summed E-state index contributed by atoms with van der Waals surface area (Å²) in [7, 11) is 1.64. The van der Waals surface area contributed by atoms with Gasteiger partial charge in [0, 0.05) is 25.0 Å². The minimum absolute atomic E-state index is 0.104. The predicted octanol–water partition coefficient (Wildman–Crippen LogP) is 5.46. The Labute approximate surface area is 193 Å². The Balaban J connectivity index is 1.44. The highest BCUT2D eigenvalue weighted by molar-refractivity contribution is 5.80. The zero-order valence-corrected chi connectivity index (χ0v) is 18.6. The van der Waals surface area contributed by atoms with Crippen LogP contribution in [0, 0.1) is 0 Å². The summed E-state index contributed by atoms with van der Waals surface area (Å²) in [6, 6.07) is 29.4. The number of fused-ring (bicyclic) bond motifs is 1. The molecule has 0 saturated heterocycles. The Hall–Kier alpha value is -3.99. The summed E-state index contributed by atoms with van der Waals surface area (Å²) in [5, 5.41) is 0. The molecule has 0 bridgehead atoms. The van der Waals surface area contributed by atoms with E-state index in [-0.39, 0.29) is 11.9 Å². The molecule has 5 heteroatoms. The molecule has 4 aromatic rings. The number of rotatable bonds is 6. The SMILES string of the molecule is COc1ccc(CC(=O)N2CCn3cccc3C2c2cccc(Oc3ccccc3)c2)cc1. The lowest BCUT2D eigenvalue weighted by atomic mass is 9.98. The lowest BCUT2D eigenvalue weighted by Gasteiger charge is -2.37. The minimum atomic E-state index is -0.168. The topological polar surface area (TPSA) is 43.7 Å². The van der Waals surface area contributed by atoms with Crippen molar-refractivity contribution in [3.05, 3.63) is 114 Å². The van der Waals surface area contributed by atoms with E-state index in [9.17, 15) is 4.79 Å². The van der Waals surface area contributed by atoms with Gasteiger partial charge in [0.1, 0.15) is 17.2 Å². The van der Waals surface area contributed by atoms with Crippen LogP contribution in [0.1, 0.15) is 22.9 Å². The fourth-order valence-electron chi connectivity index (χ4n) is 4.40. The third-order valence-electron chi connectivity index (χ3n) is 6.03. The van der Waals surface area contributed by atoms with Crippen LogP contribution in [0.15, 0.2) is 97.2 Å². The molecule has 0 spiro atoms. The first-order valence-electron chi connectivity index (χ1n) is 11.1. The van der Waals surface area contributed by atoms with Crippen LogP contribution in [0.2, 0.25) is 0 Å². The van der Waals surface area contributed by atoms with Crippen molar-refractivity contribution in [2.24, 2.45) is 0 Å². The van der Waals surface area contributed by atoms with Crippen molar-refractivity contribution in [3.63, 3.8) is 0 Å². The van der Waals surface area contributed by atoms with Crippen LogP contribution in [-0.2, 0) is 17.8 Å². The molecule has 1 atom stereocenters. The molecule has 1 aliphatic rings. The Morgan fingerprint density at radius 2 is 1.64 bits per heavy atom. The van der Waals surface area contributed by atoms with Crippen LogP contribution >= 0.6 is 0 Å². The molecule has 0 N–H and O–H groups in total. The summed E-state index contributed by atoms with van der Waals surface area (Å²) in [5.74, 6) is 2.43.